The van der Waals surface area contributed by atoms with Crippen molar-refractivity contribution >= 4 is 21.7 Å². The van der Waals surface area contributed by atoms with Gasteiger partial charge in [-0.3, -0.25) is 14.9 Å². The first kappa shape index (κ1) is 23.1. The zero-order chi connectivity index (χ0) is 24.5. The summed E-state index contributed by atoms with van der Waals surface area (Å²) in [6.07, 6.45) is 0.0626. The van der Waals surface area contributed by atoms with Crippen molar-refractivity contribution in [2.75, 3.05) is 7.11 Å². The molecule has 0 amide bonds. The molecule has 1 aliphatic rings. The van der Waals surface area contributed by atoms with E-state index in [0.29, 0.717) is 16.7 Å². The molecular formula is C24H19N3O6S. The molecule has 3 aromatic carbocycles. The molecule has 9 nitrogen and oxygen atoms in total. The van der Waals surface area contributed by atoms with Crippen LogP contribution in [0.5, 0.6) is 0 Å². The summed E-state index contributed by atoms with van der Waals surface area (Å²) < 4.78 is 33.1. The minimum atomic E-state index is -4.25. The van der Waals surface area contributed by atoms with Crippen molar-refractivity contribution < 1.29 is 22.9 Å². The van der Waals surface area contributed by atoms with Crippen molar-refractivity contribution in [1.29, 1.82) is 5.26 Å². The third kappa shape index (κ3) is 4.03. The Kier molecular flexibility index (Phi) is 6.15. The van der Waals surface area contributed by atoms with Crippen LogP contribution < -0.4 is 0 Å². The Morgan fingerprint density at radius 1 is 1.12 bits per heavy atom. The zero-order valence-corrected chi connectivity index (χ0v) is 18.9. The number of fused-ring (bicyclic) bond motifs is 1. The molecule has 10 heteroatoms. The second-order valence-electron chi connectivity index (χ2n) is 7.66. The maximum atomic E-state index is 13.6. The van der Waals surface area contributed by atoms with Crippen LogP contribution in [-0.2, 0) is 32.5 Å². The number of rotatable bonds is 5. The third-order valence-electron chi connectivity index (χ3n) is 5.77. The Balaban J connectivity index is 1.83. The first-order valence-corrected chi connectivity index (χ1v) is 11.7. The van der Waals surface area contributed by atoms with Crippen molar-refractivity contribution in [1.82, 2.24) is 4.31 Å². The van der Waals surface area contributed by atoms with E-state index in [1.165, 1.54) is 31.4 Å². The van der Waals surface area contributed by atoms with Crippen LogP contribution in [0.3, 0.4) is 0 Å². The van der Waals surface area contributed by atoms with Gasteiger partial charge < -0.3 is 4.74 Å². The molecule has 172 valence electrons. The molecule has 1 heterocycles. The molecule has 0 bridgehead atoms. The molecule has 0 aliphatic carbocycles. The summed E-state index contributed by atoms with van der Waals surface area (Å²) in [4.78, 5) is 23.4. The Morgan fingerprint density at radius 2 is 1.82 bits per heavy atom. The lowest BCUT2D eigenvalue weighted by Gasteiger charge is -2.34. The number of nitro groups is 1. The number of methoxy groups -OCH3 is 1. The lowest BCUT2D eigenvalue weighted by molar-refractivity contribution is -0.384. The molecule has 0 radical (unpaired) electrons. The van der Waals surface area contributed by atoms with Gasteiger partial charge in [0.25, 0.3) is 5.69 Å². The molecule has 0 saturated heterocycles. The average Bonchev–Trinajstić information content (AvgIpc) is 2.86. The van der Waals surface area contributed by atoms with Crippen molar-refractivity contribution in [3.8, 4) is 17.2 Å². The molecule has 0 saturated carbocycles. The third-order valence-corrected chi connectivity index (χ3v) is 7.69. The number of sulfonamides is 1. The molecule has 3 aromatic rings. The predicted octanol–water partition coefficient (Wildman–Crippen LogP) is 3.42. The lowest BCUT2D eigenvalue weighted by atomic mass is 9.92. The topological polar surface area (TPSA) is 131 Å². The number of ether oxygens (including phenoxy) is 1. The molecule has 0 fully saturated rings. The number of para-hydroxylation sites is 1. The van der Waals surface area contributed by atoms with E-state index >= 15 is 0 Å². The fraction of sp³-hybridized carbons (Fsp3) is 0.167. The van der Waals surface area contributed by atoms with E-state index in [0.717, 1.165) is 9.87 Å². The van der Waals surface area contributed by atoms with Crippen LogP contribution in [0, 0.1) is 21.4 Å². The van der Waals surface area contributed by atoms with Crippen molar-refractivity contribution in [2.45, 2.75) is 23.9 Å². The Morgan fingerprint density at radius 3 is 2.53 bits per heavy atom. The maximum absolute atomic E-state index is 13.6. The molecule has 0 spiro atoms. The molecule has 1 unspecified atom stereocenters. The summed E-state index contributed by atoms with van der Waals surface area (Å²) in [5.74, 6) is -0.716. The molecule has 1 aliphatic heterocycles. The largest absolute Gasteiger partial charge is 0.468 e. The summed E-state index contributed by atoms with van der Waals surface area (Å²) in [6, 6.07) is 18.0. The zero-order valence-electron chi connectivity index (χ0n) is 18.0. The molecule has 4 rings (SSSR count). The van der Waals surface area contributed by atoms with Crippen molar-refractivity contribution in [2.24, 2.45) is 0 Å². The number of nitro benzene ring substituents is 1. The first-order chi connectivity index (χ1) is 16.3. The number of nitrogens with zero attached hydrogens (tertiary/aromatic N) is 3. The monoisotopic (exact) mass is 477 g/mol. The highest BCUT2D eigenvalue weighted by Gasteiger charge is 2.41. The van der Waals surface area contributed by atoms with Gasteiger partial charge in [0.05, 0.1) is 28.1 Å². The van der Waals surface area contributed by atoms with Gasteiger partial charge in [0, 0.05) is 19.0 Å². The van der Waals surface area contributed by atoms with Crippen LogP contribution in [0.4, 0.5) is 5.69 Å². The van der Waals surface area contributed by atoms with Gasteiger partial charge in [-0.25, -0.2) is 8.42 Å². The SMILES string of the molecule is COC(=O)C1Cc2ccc(-c3ccccc3[N+](=O)[O-])cc2CN1S(=O)(=O)c1ccccc1C#N. The van der Waals surface area contributed by atoms with Gasteiger partial charge in [-0.15, -0.1) is 0 Å². The van der Waals surface area contributed by atoms with Gasteiger partial charge in [0.1, 0.15) is 12.1 Å². The lowest BCUT2D eigenvalue weighted by Crippen LogP contribution is -2.49. The number of carbonyl (C=O) groups excluding carboxylic acids is 1. The molecular weight excluding hydrogens is 458 g/mol. The molecule has 34 heavy (non-hydrogen) atoms. The normalized spacial score (nSPS) is 15.7. The molecule has 0 N–H and O–H groups in total. The van der Waals surface area contributed by atoms with E-state index in [-0.39, 0.29) is 29.1 Å². The summed E-state index contributed by atoms with van der Waals surface area (Å²) in [5.41, 5.74) is 2.18. The minimum Gasteiger partial charge on any atom is -0.468 e. The predicted molar refractivity (Wildman–Crippen MR) is 122 cm³/mol. The standard InChI is InChI=1S/C24H19N3O6S/c1-33-24(28)22-13-16-10-11-17(20-7-3-4-8-21(20)27(29)30)12-19(16)15-26(22)34(31,32)23-9-5-2-6-18(23)14-25/h2-12,22H,13,15H2,1H3. The summed E-state index contributed by atoms with van der Waals surface area (Å²) in [5, 5.41) is 20.9. The van der Waals surface area contributed by atoms with E-state index in [4.69, 9.17) is 4.74 Å². The fourth-order valence-corrected chi connectivity index (χ4v) is 5.80. The highest BCUT2D eigenvalue weighted by Crippen LogP contribution is 2.35. The average molecular weight is 477 g/mol. The summed E-state index contributed by atoms with van der Waals surface area (Å²) in [6.45, 7) is -0.161. The van der Waals surface area contributed by atoms with Gasteiger partial charge in [-0.05, 0) is 41.0 Å². The van der Waals surface area contributed by atoms with E-state index in [1.807, 2.05) is 6.07 Å². The second kappa shape index (κ2) is 9.05. The van der Waals surface area contributed by atoms with Crippen molar-refractivity contribution in [3.05, 3.63) is 93.5 Å². The first-order valence-electron chi connectivity index (χ1n) is 10.2. The second-order valence-corrected chi connectivity index (χ2v) is 9.52. The van der Waals surface area contributed by atoms with Gasteiger partial charge in [-0.2, -0.15) is 9.57 Å². The number of hydrogen-bond acceptors (Lipinski definition) is 7. The minimum absolute atomic E-state index is 0.0365. The number of hydrogen-bond donors (Lipinski definition) is 0. The van der Waals surface area contributed by atoms with Crippen LogP contribution in [-0.4, -0.2) is 36.8 Å². The Hall–Kier alpha value is -4.07. The smallest absolute Gasteiger partial charge is 0.324 e. The summed E-state index contributed by atoms with van der Waals surface area (Å²) in [7, 11) is -3.07. The highest BCUT2D eigenvalue weighted by atomic mass is 32.2. The highest BCUT2D eigenvalue weighted by molar-refractivity contribution is 7.89. The van der Waals surface area contributed by atoms with E-state index < -0.39 is 27.0 Å². The summed E-state index contributed by atoms with van der Waals surface area (Å²) >= 11 is 0. The quantitative estimate of drug-likeness (QED) is 0.313. The van der Waals surface area contributed by atoms with E-state index in [2.05, 4.69) is 0 Å². The number of nitriles is 1. The van der Waals surface area contributed by atoms with Crippen LogP contribution >= 0.6 is 0 Å². The van der Waals surface area contributed by atoms with E-state index in [9.17, 15) is 28.6 Å². The van der Waals surface area contributed by atoms with Gasteiger partial charge in [0.15, 0.2) is 0 Å². The number of esters is 1. The Labute approximate surface area is 196 Å². The van der Waals surface area contributed by atoms with Crippen LogP contribution in [0.15, 0.2) is 71.6 Å². The number of carbonyl (C=O) groups is 1. The number of benzene rings is 3. The van der Waals surface area contributed by atoms with Crippen LogP contribution in [0.1, 0.15) is 16.7 Å². The van der Waals surface area contributed by atoms with Crippen molar-refractivity contribution in [3.63, 3.8) is 0 Å². The molecule has 1 atom stereocenters. The Bertz CT molecular complexity index is 1450. The van der Waals surface area contributed by atoms with Crippen LogP contribution in [0.2, 0.25) is 0 Å². The van der Waals surface area contributed by atoms with Crippen LogP contribution in [0.25, 0.3) is 11.1 Å². The molecule has 0 aromatic heterocycles. The van der Waals surface area contributed by atoms with Gasteiger partial charge >= 0.3 is 5.97 Å². The van der Waals surface area contributed by atoms with Gasteiger partial charge in [-0.1, -0.05) is 36.4 Å². The van der Waals surface area contributed by atoms with E-state index in [1.54, 1.807) is 42.5 Å². The van der Waals surface area contributed by atoms with Gasteiger partial charge in [0.2, 0.25) is 10.0 Å². The maximum Gasteiger partial charge on any atom is 0.324 e. The fourth-order valence-electron chi connectivity index (χ4n) is 4.10.